The van der Waals surface area contributed by atoms with Crippen molar-refractivity contribution in [3.63, 3.8) is 0 Å². The summed E-state index contributed by atoms with van der Waals surface area (Å²) in [6.07, 6.45) is 8.01. The molecule has 5 heteroatoms. The molecule has 0 aromatic heterocycles. The van der Waals surface area contributed by atoms with Crippen molar-refractivity contribution in [2.75, 3.05) is 31.7 Å². The first-order valence-electron chi connectivity index (χ1n) is 11.7. The van der Waals surface area contributed by atoms with E-state index in [1.807, 2.05) is 32.9 Å². The normalized spacial score (nSPS) is 17.2. The molecule has 0 atom stereocenters. The molecule has 1 fully saturated rings. The maximum absolute atomic E-state index is 13.0. The number of anilines is 1. The third kappa shape index (κ3) is 6.57. The maximum atomic E-state index is 13.0. The molecule has 1 N–H and O–H groups in total. The van der Waals surface area contributed by atoms with Gasteiger partial charge in [0.1, 0.15) is 5.75 Å². The van der Waals surface area contributed by atoms with Gasteiger partial charge in [-0.25, -0.2) is 4.39 Å². The molecule has 0 unspecified atom stereocenters. The van der Waals surface area contributed by atoms with Crippen molar-refractivity contribution < 1.29 is 19.0 Å². The Kier molecular flexibility index (Phi) is 9.07. The first-order valence-corrected chi connectivity index (χ1v) is 11.7. The highest BCUT2D eigenvalue weighted by Gasteiger charge is 2.34. The highest BCUT2D eigenvalue weighted by Crippen LogP contribution is 2.44. The lowest BCUT2D eigenvalue weighted by molar-refractivity contribution is 0.112. The zero-order chi connectivity index (χ0) is 24.8. The third-order valence-corrected chi connectivity index (χ3v) is 7.06. The SMILES string of the molecule is C=C(CCC1(C)CCN(c2c(C=O)ccc(C(C)(C)CO)c2OC)CC1)/C(C)=C\C=C(/C)F. The molecule has 182 valence electrons. The minimum Gasteiger partial charge on any atom is -0.494 e. The molecule has 1 saturated heterocycles. The minimum absolute atomic E-state index is 0.0141. The number of hydrogen-bond donors (Lipinski definition) is 1. The number of aliphatic hydroxyl groups is 1. The molecule has 4 nitrogen and oxygen atoms in total. The number of aliphatic hydroxyl groups excluding tert-OH is 1. The number of halogens is 1. The Balaban J connectivity index is 2.18. The minimum atomic E-state index is -0.479. The number of carbonyl (C=O) groups excluding carboxylic acids is 1. The largest absolute Gasteiger partial charge is 0.494 e. The number of allylic oxidation sites excluding steroid dienone is 5. The molecule has 0 bridgehead atoms. The Morgan fingerprint density at radius 2 is 1.91 bits per heavy atom. The molecule has 0 amide bonds. The lowest BCUT2D eigenvalue weighted by atomic mass is 9.75. The predicted octanol–water partition coefficient (Wildman–Crippen LogP) is 6.54. The standard InChI is InChI=1S/C28H40FNO3/c1-20(8-9-22(3)29)21(2)12-13-28(6)14-16-30(17-15-28)25-23(18-31)10-11-24(26(25)33-7)27(4,5)19-32/h8-11,18,32H,2,12-17,19H2,1,3-7H3/b20-8-,22-9+. The Labute approximate surface area is 198 Å². The van der Waals surface area contributed by atoms with Gasteiger partial charge in [0.2, 0.25) is 0 Å². The van der Waals surface area contributed by atoms with Crippen LogP contribution in [0.25, 0.3) is 0 Å². The number of nitrogens with zero attached hydrogens (tertiary/aromatic N) is 1. The van der Waals surface area contributed by atoms with Gasteiger partial charge in [-0.1, -0.05) is 45.1 Å². The van der Waals surface area contributed by atoms with E-state index >= 15 is 0 Å². The zero-order valence-corrected chi connectivity index (χ0v) is 21.1. The van der Waals surface area contributed by atoms with Crippen molar-refractivity contribution in [3.05, 3.63) is 59.0 Å². The third-order valence-electron chi connectivity index (χ3n) is 7.06. The fourth-order valence-corrected chi connectivity index (χ4v) is 4.36. The highest BCUT2D eigenvalue weighted by molar-refractivity contribution is 5.88. The summed E-state index contributed by atoms with van der Waals surface area (Å²) < 4.78 is 18.8. The number of hydrogen-bond acceptors (Lipinski definition) is 4. The molecule has 2 rings (SSSR count). The van der Waals surface area contributed by atoms with E-state index in [1.54, 1.807) is 13.2 Å². The first kappa shape index (κ1) is 26.8. The molecule has 0 spiro atoms. The number of piperidine rings is 1. The molecule has 1 aliphatic rings. The molecule has 1 aromatic carbocycles. The van der Waals surface area contributed by atoms with Gasteiger partial charge in [0.25, 0.3) is 0 Å². The predicted molar refractivity (Wildman–Crippen MR) is 135 cm³/mol. The van der Waals surface area contributed by atoms with Gasteiger partial charge in [-0.2, -0.15) is 0 Å². The monoisotopic (exact) mass is 457 g/mol. The van der Waals surface area contributed by atoms with E-state index in [2.05, 4.69) is 18.4 Å². The Bertz CT molecular complexity index is 917. The lowest BCUT2D eigenvalue weighted by Crippen LogP contribution is -2.39. The maximum Gasteiger partial charge on any atom is 0.152 e. The van der Waals surface area contributed by atoms with E-state index in [0.717, 1.165) is 67.5 Å². The Morgan fingerprint density at radius 3 is 2.42 bits per heavy atom. The molecule has 1 aromatic rings. The van der Waals surface area contributed by atoms with Gasteiger partial charge < -0.3 is 14.7 Å². The number of rotatable bonds is 10. The van der Waals surface area contributed by atoms with E-state index in [-0.39, 0.29) is 17.8 Å². The molecule has 0 radical (unpaired) electrons. The van der Waals surface area contributed by atoms with Crippen molar-refractivity contribution in [3.8, 4) is 5.75 Å². The average Bonchev–Trinajstić information content (AvgIpc) is 2.80. The first-order chi connectivity index (χ1) is 15.5. The second-order valence-corrected chi connectivity index (χ2v) is 10.2. The molecule has 0 aliphatic carbocycles. The van der Waals surface area contributed by atoms with Crippen LogP contribution in [0.3, 0.4) is 0 Å². The van der Waals surface area contributed by atoms with Crippen LogP contribution in [0, 0.1) is 5.41 Å². The Hall–Kier alpha value is -2.40. The van der Waals surface area contributed by atoms with Crippen LogP contribution >= 0.6 is 0 Å². The summed E-state index contributed by atoms with van der Waals surface area (Å²) in [6.45, 7) is 15.5. The van der Waals surface area contributed by atoms with E-state index in [0.29, 0.717) is 11.3 Å². The fraction of sp³-hybridized carbons (Fsp3) is 0.536. The lowest BCUT2D eigenvalue weighted by Gasteiger charge is -2.42. The second-order valence-electron chi connectivity index (χ2n) is 10.2. The number of methoxy groups -OCH3 is 1. The summed E-state index contributed by atoms with van der Waals surface area (Å²) in [5, 5.41) is 9.90. The van der Waals surface area contributed by atoms with Crippen LogP contribution in [0.4, 0.5) is 10.1 Å². The van der Waals surface area contributed by atoms with Crippen LogP contribution in [-0.4, -0.2) is 38.2 Å². The number of ether oxygens (including phenoxy) is 1. The van der Waals surface area contributed by atoms with Crippen LogP contribution in [0.2, 0.25) is 0 Å². The van der Waals surface area contributed by atoms with Crippen molar-refractivity contribution >= 4 is 12.0 Å². The van der Waals surface area contributed by atoms with Crippen LogP contribution in [0.5, 0.6) is 5.75 Å². The number of carbonyl (C=O) groups is 1. The van der Waals surface area contributed by atoms with E-state index in [4.69, 9.17) is 4.74 Å². The molecular weight excluding hydrogens is 417 g/mol. The van der Waals surface area contributed by atoms with Crippen molar-refractivity contribution in [2.45, 2.75) is 65.7 Å². The average molecular weight is 458 g/mol. The van der Waals surface area contributed by atoms with Crippen LogP contribution < -0.4 is 9.64 Å². The molecule has 0 saturated carbocycles. The van der Waals surface area contributed by atoms with Crippen molar-refractivity contribution in [2.24, 2.45) is 5.41 Å². The van der Waals surface area contributed by atoms with Crippen molar-refractivity contribution in [1.82, 2.24) is 0 Å². The van der Waals surface area contributed by atoms with E-state index < -0.39 is 5.41 Å². The van der Waals surface area contributed by atoms with Gasteiger partial charge in [-0.15, -0.1) is 0 Å². The van der Waals surface area contributed by atoms with Crippen LogP contribution in [0.1, 0.15) is 76.2 Å². The van der Waals surface area contributed by atoms with Crippen LogP contribution in [0.15, 0.2) is 47.8 Å². The Morgan fingerprint density at radius 1 is 1.27 bits per heavy atom. The quantitative estimate of drug-likeness (QED) is 0.320. The number of benzene rings is 1. The van der Waals surface area contributed by atoms with Gasteiger partial charge in [0.15, 0.2) is 6.29 Å². The summed E-state index contributed by atoms with van der Waals surface area (Å²) in [6, 6.07) is 3.72. The smallest absolute Gasteiger partial charge is 0.152 e. The fourth-order valence-electron chi connectivity index (χ4n) is 4.36. The van der Waals surface area contributed by atoms with Crippen molar-refractivity contribution in [1.29, 1.82) is 0 Å². The van der Waals surface area contributed by atoms with Gasteiger partial charge in [0, 0.05) is 29.6 Å². The molecule has 1 heterocycles. The zero-order valence-electron chi connectivity index (χ0n) is 21.1. The van der Waals surface area contributed by atoms with Gasteiger partial charge in [0.05, 0.1) is 25.2 Å². The number of aldehydes is 1. The summed E-state index contributed by atoms with van der Waals surface area (Å²) in [5.74, 6) is 0.464. The summed E-state index contributed by atoms with van der Waals surface area (Å²) in [5.41, 5.74) is 4.08. The van der Waals surface area contributed by atoms with Gasteiger partial charge in [-0.3, -0.25) is 4.79 Å². The highest BCUT2D eigenvalue weighted by atomic mass is 19.1. The van der Waals surface area contributed by atoms with E-state index in [1.165, 1.54) is 13.0 Å². The summed E-state index contributed by atoms with van der Waals surface area (Å²) >= 11 is 0. The molecular formula is C28H40FNO3. The topological polar surface area (TPSA) is 49.8 Å². The van der Waals surface area contributed by atoms with Gasteiger partial charge >= 0.3 is 0 Å². The van der Waals surface area contributed by atoms with E-state index in [9.17, 15) is 14.3 Å². The summed E-state index contributed by atoms with van der Waals surface area (Å²) in [7, 11) is 1.62. The molecule has 1 aliphatic heterocycles. The van der Waals surface area contributed by atoms with Gasteiger partial charge in [-0.05, 0) is 62.7 Å². The molecule has 33 heavy (non-hydrogen) atoms. The summed E-state index contributed by atoms with van der Waals surface area (Å²) in [4.78, 5) is 14.1. The van der Waals surface area contributed by atoms with Crippen LogP contribution in [-0.2, 0) is 5.41 Å². The second kappa shape index (κ2) is 11.1.